The van der Waals surface area contributed by atoms with Crippen LogP contribution in [0.5, 0.6) is 5.75 Å². The second-order valence-electron chi connectivity index (χ2n) is 5.76. The number of rotatable bonds is 4. The summed E-state index contributed by atoms with van der Waals surface area (Å²) in [6.07, 6.45) is 1.07. The van der Waals surface area contributed by atoms with Gasteiger partial charge in [0.1, 0.15) is 12.4 Å². The summed E-state index contributed by atoms with van der Waals surface area (Å²) in [6, 6.07) is 12.5. The molecule has 1 aliphatic heterocycles. The van der Waals surface area contributed by atoms with Crippen molar-refractivity contribution >= 4 is 11.4 Å². The lowest BCUT2D eigenvalue weighted by molar-refractivity contribution is 0.324. The van der Waals surface area contributed by atoms with Crippen LogP contribution in [0, 0.1) is 13.8 Å². The van der Waals surface area contributed by atoms with Gasteiger partial charge in [-0.25, -0.2) is 0 Å². The highest BCUT2D eigenvalue weighted by Crippen LogP contribution is 2.33. The number of nitrogens with two attached hydrogens (primary N) is 1. The van der Waals surface area contributed by atoms with E-state index in [1.54, 1.807) is 0 Å². The van der Waals surface area contributed by atoms with Gasteiger partial charge in [0.15, 0.2) is 0 Å². The fraction of sp³-hybridized carbons (Fsp3) is 0.333. The van der Waals surface area contributed by atoms with Gasteiger partial charge in [-0.15, -0.1) is 0 Å². The van der Waals surface area contributed by atoms with E-state index in [0.717, 1.165) is 30.9 Å². The molecule has 110 valence electrons. The molecule has 2 aromatic rings. The number of nitrogen functional groups attached to an aromatic ring is 1. The van der Waals surface area contributed by atoms with Crippen molar-refractivity contribution in [2.24, 2.45) is 0 Å². The lowest BCUT2D eigenvalue weighted by Gasteiger charge is -2.21. The zero-order valence-corrected chi connectivity index (χ0v) is 12.7. The molecule has 1 heterocycles. The molecule has 2 aromatic carbocycles. The van der Waals surface area contributed by atoms with Gasteiger partial charge in [-0.2, -0.15) is 0 Å². The molecule has 1 aliphatic rings. The summed E-state index contributed by atoms with van der Waals surface area (Å²) in [7, 11) is 0. The number of fused-ring (bicyclic) bond motifs is 1. The fourth-order valence-electron chi connectivity index (χ4n) is 3.08. The van der Waals surface area contributed by atoms with Gasteiger partial charge < -0.3 is 15.4 Å². The smallest absolute Gasteiger partial charge is 0.119 e. The van der Waals surface area contributed by atoms with E-state index in [1.165, 1.54) is 22.4 Å². The third kappa shape index (κ3) is 2.97. The predicted molar refractivity (Wildman–Crippen MR) is 88.2 cm³/mol. The van der Waals surface area contributed by atoms with Crippen LogP contribution >= 0.6 is 0 Å². The van der Waals surface area contributed by atoms with Gasteiger partial charge in [-0.3, -0.25) is 0 Å². The first kappa shape index (κ1) is 13.8. The molecule has 3 rings (SSSR count). The quantitative estimate of drug-likeness (QED) is 0.874. The molecule has 0 aliphatic carbocycles. The topological polar surface area (TPSA) is 38.5 Å². The van der Waals surface area contributed by atoms with Crippen molar-refractivity contribution in [3.05, 3.63) is 53.1 Å². The molecule has 3 heteroatoms. The van der Waals surface area contributed by atoms with Gasteiger partial charge in [-0.1, -0.05) is 18.2 Å². The summed E-state index contributed by atoms with van der Waals surface area (Å²) in [5.41, 5.74) is 12.0. The summed E-state index contributed by atoms with van der Waals surface area (Å²) in [5.74, 6) is 0.952. The number of aryl methyl sites for hydroxylation is 2. The van der Waals surface area contributed by atoms with Gasteiger partial charge in [0, 0.05) is 6.54 Å². The van der Waals surface area contributed by atoms with Crippen LogP contribution < -0.4 is 15.4 Å². The third-order valence-electron chi connectivity index (χ3n) is 3.94. The van der Waals surface area contributed by atoms with Gasteiger partial charge in [-0.05, 0) is 55.2 Å². The van der Waals surface area contributed by atoms with Gasteiger partial charge in [0.05, 0.1) is 17.9 Å². The molecular formula is C18H22N2O. The number of anilines is 2. The lowest BCUT2D eigenvalue weighted by Crippen LogP contribution is -2.26. The molecule has 0 unspecified atom stereocenters. The summed E-state index contributed by atoms with van der Waals surface area (Å²) in [5, 5.41) is 0. The van der Waals surface area contributed by atoms with Crippen LogP contribution in [0.4, 0.5) is 11.4 Å². The second-order valence-corrected chi connectivity index (χ2v) is 5.76. The van der Waals surface area contributed by atoms with E-state index in [1.807, 2.05) is 12.1 Å². The minimum atomic E-state index is 0.677. The summed E-state index contributed by atoms with van der Waals surface area (Å²) < 4.78 is 5.90. The molecule has 0 saturated carbocycles. The van der Waals surface area contributed by atoms with Crippen LogP contribution in [-0.4, -0.2) is 19.7 Å². The molecule has 0 radical (unpaired) electrons. The first-order chi connectivity index (χ1) is 10.1. The Morgan fingerprint density at radius 1 is 1.14 bits per heavy atom. The summed E-state index contributed by atoms with van der Waals surface area (Å²) in [6.45, 7) is 6.76. The normalized spacial score (nSPS) is 13.3. The van der Waals surface area contributed by atoms with E-state index in [0.29, 0.717) is 6.61 Å². The Bertz CT molecular complexity index is 631. The Labute approximate surface area is 126 Å². The summed E-state index contributed by atoms with van der Waals surface area (Å²) in [4.78, 5) is 2.33. The van der Waals surface area contributed by atoms with Crippen molar-refractivity contribution < 1.29 is 4.74 Å². The van der Waals surface area contributed by atoms with Crippen molar-refractivity contribution in [2.45, 2.75) is 20.3 Å². The van der Waals surface area contributed by atoms with Gasteiger partial charge >= 0.3 is 0 Å². The van der Waals surface area contributed by atoms with Crippen LogP contribution in [0.2, 0.25) is 0 Å². The minimum Gasteiger partial charge on any atom is -0.492 e. The highest BCUT2D eigenvalue weighted by atomic mass is 16.5. The highest BCUT2D eigenvalue weighted by Gasteiger charge is 2.20. The SMILES string of the molecule is Cc1cc(C)cc(OCCN2CCc3cccc(N)c32)c1. The van der Waals surface area contributed by atoms with Crippen LogP contribution in [0.15, 0.2) is 36.4 Å². The number of para-hydroxylation sites is 1. The Kier molecular flexibility index (Phi) is 3.74. The molecular weight excluding hydrogens is 260 g/mol. The van der Waals surface area contributed by atoms with Gasteiger partial charge in [0.25, 0.3) is 0 Å². The Balaban J connectivity index is 1.63. The zero-order valence-electron chi connectivity index (χ0n) is 12.7. The molecule has 3 nitrogen and oxygen atoms in total. The number of hydrogen-bond donors (Lipinski definition) is 1. The molecule has 21 heavy (non-hydrogen) atoms. The minimum absolute atomic E-state index is 0.677. The third-order valence-corrected chi connectivity index (χ3v) is 3.94. The van der Waals surface area contributed by atoms with Crippen molar-refractivity contribution in [3.8, 4) is 5.75 Å². The molecule has 0 fully saturated rings. The molecule has 0 spiro atoms. The Morgan fingerprint density at radius 2 is 1.90 bits per heavy atom. The lowest BCUT2D eigenvalue weighted by atomic mass is 10.1. The van der Waals surface area contributed by atoms with Crippen LogP contribution in [0.1, 0.15) is 16.7 Å². The van der Waals surface area contributed by atoms with E-state index in [4.69, 9.17) is 10.5 Å². The molecule has 0 bridgehead atoms. The van der Waals surface area contributed by atoms with E-state index < -0.39 is 0 Å². The van der Waals surface area contributed by atoms with Crippen molar-refractivity contribution in [3.63, 3.8) is 0 Å². The monoisotopic (exact) mass is 282 g/mol. The van der Waals surface area contributed by atoms with Crippen LogP contribution in [0.25, 0.3) is 0 Å². The highest BCUT2D eigenvalue weighted by molar-refractivity contribution is 5.74. The largest absolute Gasteiger partial charge is 0.492 e. The molecule has 0 atom stereocenters. The van der Waals surface area contributed by atoms with E-state index >= 15 is 0 Å². The number of benzene rings is 2. The molecule has 0 aromatic heterocycles. The predicted octanol–water partition coefficient (Wildman–Crippen LogP) is 3.33. The molecule has 0 saturated heterocycles. The van der Waals surface area contributed by atoms with Crippen molar-refractivity contribution in [2.75, 3.05) is 30.3 Å². The average molecular weight is 282 g/mol. The standard InChI is InChI=1S/C18H22N2O/c1-13-10-14(2)12-16(11-13)21-9-8-20-7-6-15-4-3-5-17(19)18(15)20/h3-5,10-12H,6-9,19H2,1-2H3. The maximum absolute atomic E-state index is 6.10. The maximum atomic E-state index is 6.10. The van der Waals surface area contributed by atoms with E-state index in [9.17, 15) is 0 Å². The van der Waals surface area contributed by atoms with Crippen molar-refractivity contribution in [1.29, 1.82) is 0 Å². The van der Waals surface area contributed by atoms with Crippen LogP contribution in [-0.2, 0) is 6.42 Å². The number of hydrogen-bond acceptors (Lipinski definition) is 3. The Hall–Kier alpha value is -2.16. The molecule has 0 amide bonds. The molecule has 2 N–H and O–H groups in total. The second kappa shape index (κ2) is 5.68. The first-order valence-electron chi connectivity index (χ1n) is 7.47. The fourth-order valence-corrected chi connectivity index (χ4v) is 3.08. The first-order valence-corrected chi connectivity index (χ1v) is 7.47. The maximum Gasteiger partial charge on any atom is 0.119 e. The van der Waals surface area contributed by atoms with E-state index in [-0.39, 0.29) is 0 Å². The van der Waals surface area contributed by atoms with Gasteiger partial charge in [0.2, 0.25) is 0 Å². The average Bonchev–Trinajstić information content (AvgIpc) is 2.82. The van der Waals surface area contributed by atoms with Crippen LogP contribution in [0.3, 0.4) is 0 Å². The zero-order chi connectivity index (χ0) is 14.8. The van der Waals surface area contributed by atoms with E-state index in [2.05, 4.69) is 43.0 Å². The van der Waals surface area contributed by atoms with Crippen molar-refractivity contribution in [1.82, 2.24) is 0 Å². The Morgan fingerprint density at radius 3 is 2.67 bits per heavy atom. The number of ether oxygens (including phenoxy) is 1. The number of nitrogens with zero attached hydrogens (tertiary/aromatic N) is 1. The summed E-state index contributed by atoms with van der Waals surface area (Å²) >= 11 is 0.